The van der Waals surface area contributed by atoms with Gasteiger partial charge in [-0.25, -0.2) is 0 Å². The second kappa shape index (κ2) is 3.61. The van der Waals surface area contributed by atoms with E-state index in [0.29, 0.717) is 0 Å². The molecule has 0 aromatic heterocycles. The van der Waals surface area contributed by atoms with E-state index < -0.39 is 0 Å². The highest BCUT2D eigenvalue weighted by Crippen LogP contribution is 2.43. The quantitative estimate of drug-likeness (QED) is 0.633. The van der Waals surface area contributed by atoms with Gasteiger partial charge < -0.3 is 4.90 Å². The van der Waals surface area contributed by atoms with Crippen molar-refractivity contribution in [1.29, 1.82) is 0 Å². The number of hydrogen-bond acceptors (Lipinski definition) is 1. The largest absolute Gasteiger partial charge is 0.300 e. The second-order valence-electron chi connectivity index (χ2n) is 5.31. The number of hydrogen-bond donors (Lipinski definition) is 0. The molecule has 2 aliphatic rings. The van der Waals surface area contributed by atoms with Crippen molar-refractivity contribution < 1.29 is 0 Å². The average molecular weight is 181 g/mol. The monoisotopic (exact) mass is 181 g/mol. The molecule has 1 heterocycles. The van der Waals surface area contributed by atoms with Crippen molar-refractivity contribution in [2.24, 2.45) is 17.8 Å². The third kappa shape index (κ3) is 1.76. The van der Waals surface area contributed by atoms with Crippen molar-refractivity contribution >= 4 is 0 Å². The Morgan fingerprint density at radius 2 is 1.69 bits per heavy atom. The molecule has 13 heavy (non-hydrogen) atoms. The lowest BCUT2D eigenvalue weighted by atomic mass is 10.0. The fraction of sp³-hybridized carbons (Fsp3) is 1.00. The molecule has 0 radical (unpaired) electrons. The van der Waals surface area contributed by atoms with Gasteiger partial charge in [0.15, 0.2) is 0 Å². The summed E-state index contributed by atoms with van der Waals surface area (Å²) in [5.41, 5.74) is 0. The zero-order valence-electron chi connectivity index (χ0n) is 9.29. The lowest BCUT2D eigenvalue weighted by molar-refractivity contribution is 0.245. The summed E-state index contributed by atoms with van der Waals surface area (Å²) in [6.07, 6.45) is 4.45. The Morgan fingerprint density at radius 1 is 1.15 bits per heavy atom. The molecule has 1 aliphatic heterocycles. The Hall–Kier alpha value is -0.0400. The molecule has 1 nitrogen and oxygen atoms in total. The van der Waals surface area contributed by atoms with Crippen molar-refractivity contribution in [3.8, 4) is 0 Å². The normalized spacial score (nSPS) is 40.2. The van der Waals surface area contributed by atoms with Gasteiger partial charge in [0.1, 0.15) is 0 Å². The molecule has 1 heteroatoms. The van der Waals surface area contributed by atoms with E-state index in [1.807, 2.05) is 0 Å². The predicted octanol–water partition coefficient (Wildman–Crippen LogP) is 2.76. The van der Waals surface area contributed by atoms with Gasteiger partial charge in [0.2, 0.25) is 0 Å². The van der Waals surface area contributed by atoms with Crippen LogP contribution in [0.3, 0.4) is 0 Å². The maximum absolute atomic E-state index is 2.67. The third-order valence-electron chi connectivity index (χ3n) is 4.18. The summed E-state index contributed by atoms with van der Waals surface area (Å²) in [5.74, 6) is 3.16. The van der Waals surface area contributed by atoms with Gasteiger partial charge >= 0.3 is 0 Å². The molecule has 1 aliphatic carbocycles. The minimum absolute atomic E-state index is 0.769. The van der Waals surface area contributed by atoms with Crippen LogP contribution in [0.25, 0.3) is 0 Å². The van der Waals surface area contributed by atoms with Gasteiger partial charge in [0.05, 0.1) is 0 Å². The molecule has 1 saturated carbocycles. The zero-order valence-corrected chi connectivity index (χ0v) is 9.29. The summed E-state index contributed by atoms with van der Waals surface area (Å²) in [7, 11) is 0. The van der Waals surface area contributed by atoms with Crippen LogP contribution in [0.1, 0.15) is 40.0 Å². The highest BCUT2D eigenvalue weighted by atomic mass is 15.2. The van der Waals surface area contributed by atoms with E-state index in [2.05, 4.69) is 25.7 Å². The maximum atomic E-state index is 2.67. The van der Waals surface area contributed by atoms with E-state index in [9.17, 15) is 0 Å². The third-order valence-corrected chi connectivity index (χ3v) is 4.18. The van der Waals surface area contributed by atoms with Crippen molar-refractivity contribution in [2.45, 2.75) is 46.1 Å². The minimum atomic E-state index is 0.769. The molecular formula is C12H23N. The van der Waals surface area contributed by atoms with Crippen molar-refractivity contribution in [1.82, 2.24) is 4.90 Å². The fourth-order valence-electron chi connectivity index (χ4n) is 3.22. The molecule has 0 amide bonds. The molecule has 2 fully saturated rings. The van der Waals surface area contributed by atoms with Gasteiger partial charge in [-0.05, 0) is 44.4 Å². The van der Waals surface area contributed by atoms with Crippen LogP contribution >= 0.6 is 0 Å². The van der Waals surface area contributed by atoms with Crippen LogP contribution in [-0.4, -0.2) is 24.0 Å². The first-order valence-corrected chi connectivity index (χ1v) is 5.94. The molecule has 0 bridgehead atoms. The molecule has 76 valence electrons. The summed E-state index contributed by atoms with van der Waals surface area (Å²) in [6.45, 7) is 9.79. The lowest BCUT2D eigenvalue weighted by Gasteiger charge is -2.22. The van der Waals surface area contributed by atoms with E-state index in [0.717, 1.165) is 23.8 Å². The Bertz CT molecular complexity index is 162. The van der Waals surface area contributed by atoms with Crippen LogP contribution in [0.15, 0.2) is 0 Å². The average Bonchev–Trinajstić information content (AvgIpc) is 2.58. The molecule has 2 unspecified atom stereocenters. The summed E-state index contributed by atoms with van der Waals surface area (Å²) < 4.78 is 0. The number of likely N-dealkylation sites (tertiary alicyclic amines) is 1. The first kappa shape index (κ1) is 9.51. The Kier molecular flexibility index (Phi) is 2.64. The van der Waals surface area contributed by atoms with Crippen LogP contribution in [-0.2, 0) is 0 Å². The first-order valence-electron chi connectivity index (χ1n) is 5.94. The van der Waals surface area contributed by atoms with Crippen LogP contribution < -0.4 is 0 Å². The standard InChI is InChI=1S/C12H23N/c1-4-10-5-11-7-13(9(2)3)8-12(11)6-10/h9-12H,4-8H2,1-3H3. The van der Waals surface area contributed by atoms with Crippen LogP contribution in [0, 0.1) is 17.8 Å². The Morgan fingerprint density at radius 3 is 2.08 bits per heavy atom. The summed E-state index contributed by atoms with van der Waals surface area (Å²) in [6, 6.07) is 0.769. The lowest BCUT2D eigenvalue weighted by Crippen LogP contribution is -2.29. The molecule has 0 spiro atoms. The predicted molar refractivity (Wildman–Crippen MR) is 56.7 cm³/mol. The van der Waals surface area contributed by atoms with Gasteiger partial charge in [0.25, 0.3) is 0 Å². The van der Waals surface area contributed by atoms with Crippen LogP contribution in [0.5, 0.6) is 0 Å². The Labute approximate surface area is 82.5 Å². The van der Waals surface area contributed by atoms with E-state index >= 15 is 0 Å². The molecule has 1 saturated heterocycles. The highest BCUT2D eigenvalue weighted by Gasteiger charge is 2.40. The van der Waals surface area contributed by atoms with E-state index in [-0.39, 0.29) is 0 Å². The van der Waals surface area contributed by atoms with Gasteiger partial charge in [0, 0.05) is 19.1 Å². The maximum Gasteiger partial charge on any atom is 0.00388 e. The van der Waals surface area contributed by atoms with E-state index in [4.69, 9.17) is 0 Å². The topological polar surface area (TPSA) is 3.24 Å². The van der Waals surface area contributed by atoms with Crippen molar-refractivity contribution in [3.63, 3.8) is 0 Å². The SMILES string of the molecule is CCC1CC2CN(C(C)C)CC2C1. The van der Waals surface area contributed by atoms with Gasteiger partial charge in [-0.1, -0.05) is 13.3 Å². The molecule has 0 aromatic rings. The summed E-state index contributed by atoms with van der Waals surface area (Å²) in [4.78, 5) is 2.67. The second-order valence-corrected chi connectivity index (χ2v) is 5.31. The smallest absolute Gasteiger partial charge is 0.00388 e. The van der Waals surface area contributed by atoms with E-state index in [1.54, 1.807) is 0 Å². The van der Waals surface area contributed by atoms with Gasteiger partial charge in [-0.15, -0.1) is 0 Å². The molecular weight excluding hydrogens is 158 g/mol. The fourth-order valence-corrected chi connectivity index (χ4v) is 3.22. The zero-order chi connectivity index (χ0) is 9.42. The number of fused-ring (bicyclic) bond motifs is 1. The molecule has 2 rings (SSSR count). The van der Waals surface area contributed by atoms with Gasteiger partial charge in [-0.2, -0.15) is 0 Å². The molecule has 2 atom stereocenters. The number of nitrogens with zero attached hydrogens (tertiary/aromatic N) is 1. The minimum Gasteiger partial charge on any atom is -0.300 e. The number of rotatable bonds is 2. The first-order chi connectivity index (χ1) is 6.20. The molecule has 0 N–H and O–H groups in total. The molecule has 0 aromatic carbocycles. The Balaban J connectivity index is 1.89. The van der Waals surface area contributed by atoms with Crippen molar-refractivity contribution in [3.05, 3.63) is 0 Å². The van der Waals surface area contributed by atoms with E-state index in [1.165, 1.54) is 32.4 Å². The van der Waals surface area contributed by atoms with Crippen molar-refractivity contribution in [2.75, 3.05) is 13.1 Å². The summed E-state index contributed by atoms with van der Waals surface area (Å²) in [5, 5.41) is 0. The van der Waals surface area contributed by atoms with Crippen LogP contribution in [0.4, 0.5) is 0 Å². The highest BCUT2D eigenvalue weighted by molar-refractivity contribution is 4.92. The van der Waals surface area contributed by atoms with Gasteiger partial charge in [-0.3, -0.25) is 0 Å². The summed E-state index contributed by atoms with van der Waals surface area (Å²) >= 11 is 0. The van der Waals surface area contributed by atoms with Crippen LogP contribution in [0.2, 0.25) is 0 Å².